The van der Waals surface area contributed by atoms with E-state index in [2.05, 4.69) is 5.32 Å². The molecule has 1 amide bonds. The van der Waals surface area contributed by atoms with Gasteiger partial charge in [0, 0.05) is 10.7 Å². The largest absolute Gasteiger partial charge is 0.393 e. The first-order valence-electron chi connectivity index (χ1n) is 4.78. The molecule has 5 heteroatoms. The number of hydrogen-bond acceptors (Lipinski definition) is 2. The number of nitrogens with two attached hydrogens (primary N) is 1. The molecule has 1 aromatic carbocycles. The first kappa shape index (κ1) is 12.9. The summed E-state index contributed by atoms with van der Waals surface area (Å²) in [6.07, 6.45) is 0. The molecule has 0 heterocycles. The highest BCUT2D eigenvalue weighted by Gasteiger charge is 2.16. The maximum Gasteiger partial charge on any atom is 0.234 e. The smallest absolute Gasteiger partial charge is 0.234 e. The molecule has 0 fully saturated rings. The van der Waals surface area contributed by atoms with Crippen LogP contribution < -0.4 is 11.1 Å². The van der Waals surface area contributed by atoms with Crippen LogP contribution in [0.1, 0.15) is 12.5 Å². The van der Waals surface area contributed by atoms with Crippen molar-refractivity contribution in [1.82, 2.24) is 0 Å². The Morgan fingerprint density at radius 3 is 2.75 bits per heavy atom. The average Bonchev–Trinajstić information content (AvgIpc) is 2.23. The molecule has 1 rings (SSSR count). The van der Waals surface area contributed by atoms with E-state index in [0.29, 0.717) is 10.7 Å². The molecule has 1 aromatic rings. The number of carbonyl (C=O) groups is 1. The number of anilines is 1. The Labute approximate surface area is 105 Å². The highest BCUT2D eigenvalue weighted by Crippen LogP contribution is 2.23. The van der Waals surface area contributed by atoms with Crippen molar-refractivity contribution in [2.24, 2.45) is 11.7 Å². The molecule has 3 N–H and O–H groups in total. The van der Waals surface area contributed by atoms with Crippen molar-refractivity contribution in [3.05, 3.63) is 28.8 Å². The molecule has 1 atom stereocenters. The van der Waals surface area contributed by atoms with Gasteiger partial charge in [0.05, 0.1) is 10.9 Å². The minimum Gasteiger partial charge on any atom is -0.393 e. The second kappa shape index (κ2) is 5.27. The Balaban J connectivity index is 2.85. The van der Waals surface area contributed by atoms with Crippen molar-refractivity contribution in [3.63, 3.8) is 0 Å². The van der Waals surface area contributed by atoms with E-state index in [4.69, 9.17) is 29.6 Å². The van der Waals surface area contributed by atoms with Gasteiger partial charge in [-0.05, 0) is 31.5 Å². The predicted octanol–water partition coefficient (Wildman–Crippen LogP) is 2.51. The van der Waals surface area contributed by atoms with Crippen LogP contribution in [-0.4, -0.2) is 10.9 Å². The first-order chi connectivity index (χ1) is 7.43. The van der Waals surface area contributed by atoms with Gasteiger partial charge in [0.25, 0.3) is 0 Å². The molecule has 0 aliphatic rings. The number of carbonyl (C=O) groups excluding carboxylic acids is 1. The summed E-state index contributed by atoms with van der Waals surface area (Å²) in [7, 11) is 0. The van der Waals surface area contributed by atoms with Crippen molar-refractivity contribution in [2.75, 3.05) is 5.32 Å². The minimum absolute atomic E-state index is 0.178. The second-order valence-corrected chi connectivity index (χ2v) is 4.40. The van der Waals surface area contributed by atoms with Crippen LogP contribution in [0.3, 0.4) is 0 Å². The Bertz CT molecular complexity index is 434. The third-order valence-corrected chi connectivity index (χ3v) is 3.11. The van der Waals surface area contributed by atoms with Crippen LogP contribution in [0.2, 0.25) is 5.02 Å². The summed E-state index contributed by atoms with van der Waals surface area (Å²) < 4.78 is 0. The van der Waals surface area contributed by atoms with E-state index >= 15 is 0 Å². The zero-order valence-electron chi connectivity index (χ0n) is 9.08. The first-order valence-corrected chi connectivity index (χ1v) is 5.57. The zero-order chi connectivity index (χ0) is 12.3. The molecular formula is C11H13ClN2OS. The Hall–Kier alpha value is -1.13. The van der Waals surface area contributed by atoms with E-state index in [1.807, 2.05) is 6.92 Å². The summed E-state index contributed by atoms with van der Waals surface area (Å²) in [6.45, 7) is 3.50. The Morgan fingerprint density at radius 1 is 1.56 bits per heavy atom. The molecule has 0 bridgehead atoms. The van der Waals surface area contributed by atoms with Gasteiger partial charge in [-0.25, -0.2) is 0 Å². The van der Waals surface area contributed by atoms with E-state index in [1.165, 1.54) is 0 Å². The lowest BCUT2D eigenvalue weighted by Crippen LogP contribution is -2.31. The van der Waals surface area contributed by atoms with Crippen molar-refractivity contribution in [2.45, 2.75) is 13.8 Å². The van der Waals surface area contributed by atoms with Crippen molar-refractivity contribution in [3.8, 4) is 0 Å². The number of nitrogens with one attached hydrogen (secondary N) is 1. The van der Waals surface area contributed by atoms with Gasteiger partial charge in [-0.1, -0.05) is 29.9 Å². The summed E-state index contributed by atoms with van der Waals surface area (Å²) >= 11 is 10.7. The van der Waals surface area contributed by atoms with Crippen LogP contribution in [0.25, 0.3) is 0 Å². The molecule has 0 saturated carbocycles. The number of benzene rings is 1. The fourth-order valence-electron chi connectivity index (χ4n) is 1.11. The molecule has 0 aliphatic carbocycles. The standard InChI is InChI=1S/C11H13ClN2OS/c1-6-8(12)4-3-5-9(6)14-11(15)7(2)10(13)16/h3-5,7H,1-2H3,(H2,13,16)(H,14,15). The summed E-state index contributed by atoms with van der Waals surface area (Å²) in [4.78, 5) is 11.9. The monoisotopic (exact) mass is 256 g/mol. The molecular weight excluding hydrogens is 244 g/mol. The van der Waals surface area contributed by atoms with E-state index in [-0.39, 0.29) is 10.9 Å². The summed E-state index contributed by atoms with van der Waals surface area (Å²) in [5.74, 6) is -0.716. The van der Waals surface area contributed by atoms with Crippen LogP contribution in [0.5, 0.6) is 0 Å². The van der Waals surface area contributed by atoms with Gasteiger partial charge >= 0.3 is 0 Å². The van der Waals surface area contributed by atoms with Crippen LogP contribution in [0, 0.1) is 12.8 Å². The van der Waals surface area contributed by atoms with Gasteiger partial charge in [0.15, 0.2) is 0 Å². The number of halogens is 1. The van der Waals surface area contributed by atoms with Gasteiger partial charge in [0.2, 0.25) is 5.91 Å². The summed E-state index contributed by atoms with van der Waals surface area (Å²) in [5, 5.41) is 3.35. The van der Waals surface area contributed by atoms with E-state index < -0.39 is 5.92 Å². The fourth-order valence-corrected chi connectivity index (χ4v) is 1.39. The molecule has 1 unspecified atom stereocenters. The number of thiocarbonyl (C=S) groups is 1. The lowest BCUT2D eigenvalue weighted by molar-refractivity contribution is -0.117. The molecule has 0 radical (unpaired) electrons. The quantitative estimate of drug-likeness (QED) is 0.817. The molecule has 0 aromatic heterocycles. The molecule has 0 aliphatic heterocycles. The maximum absolute atomic E-state index is 11.7. The van der Waals surface area contributed by atoms with Crippen LogP contribution in [0.15, 0.2) is 18.2 Å². The van der Waals surface area contributed by atoms with Gasteiger partial charge in [0.1, 0.15) is 0 Å². The van der Waals surface area contributed by atoms with E-state index in [1.54, 1.807) is 25.1 Å². The lowest BCUT2D eigenvalue weighted by Gasteiger charge is -2.13. The topological polar surface area (TPSA) is 55.1 Å². The Morgan fingerprint density at radius 2 is 2.19 bits per heavy atom. The van der Waals surface area contributed by atoms with E-state index in [9.17, 15) is 4.79 Å². The van der Waals surface area contributed by atoms with Crippen molar-refractivity contribution < 1.29 is 4.79 Å². The van der Waals surface area contributed by atoms with Crippen molar-refractivity contribution in [1.29, 1.82) is 0 Å². The predicted molar refractivity (Wildman–Crippen MR) is 70.8 cm³/mol. The average molecular weight is 257 g/mol. The summed E-state index contributed by atoms with van der Waals surface area (Å²) in [6, 6.07) is 5.32. The zero-order valence-corrected chi connectivity index (χ0v) is 10.7. The van der Waals surface area contributed by atoms with Gasteiger partial charge in [-0.15, -0.1) is 0 Å². The van der Waals surface area contributed by atoms with Crippen LogP contribution in [0.4, 0.5) is 5.69 Å². The third kappa shape index (κ3) is 2.93. The van der Waals surface area contributed by atoms with Crippen LogP contribution >= 0.6 is 23.8 Å². The maximum atomic E-state index is 11.7. The normalized spacial score (nSPS) is 11.9. The van der Waals surface area contributed by atoms with Gasteiger partial charge in [-0.3, -0.25) is 4.79 Å². The second-order valence-electron chi connectivity index (χ2n) is 3.53. The molecule has 16 heavy (non-hydrogen) atoms. The number of rotatable bonds is 3. The summed E-state index contributed by atoms with van der Waals surface area (Å²) in [5.41, 5.74) is 6.91. The lowest BCUT2D eigenvalue weighted by atomic mass is 10.1. The van der Waals surface area contributed by atoms with E-state index in [0.717, 1.165) is 5.56 Å². The molecule has 3 nitrogen and oxygen atoms in total. The van der Waals surface area contributed by atoms with Gasteiger partial charge < -0.3 is 11.1 Å². The third-order valence-electron chi connectivity index (χ3n) is 2.35. The van der Waals surface area contributed by atoms with Gasteiger partial charge in [-0.2, -0.15) is 0 Å². The molecule has 86 valence electrons. The highest BCUT2D eigenvalue weighted by molar-refractivity contribution is 7.80. The van der Waals surface area contributed by atoms with Crippen molar-refractivity contribution >= 4 is 40.4 Å². The molecule has 0 spiro atoms. The number of hydrogen-bond donors (Lipinski definition) is 2. The minimum atomic E-state index is -0.492. The SMILES string of the molecule is Cc1c(Cl)cccc1NC(=O)C(C)C(N)=S. The number of amides is 1. The highest BCUT2D eigenvalue weighted by atomic mass is 35.5. The molecule has 0 saturated heterocycles. The van der Waals surface area contributed by atoms with Crippen LogP contribution in [-0.2, 0) is 4.79 Å². The Kier molecular flexibility index (Phi) is 4.26. The fraction of sp³-hybridized carbons (Fsp3) is 0.273.